The number of nitrogens with one attached hydrogen (secondary N) is 1. The number of rotatable bonds is 34. The summed E-state index contributed by atoms with van der Waals surface area (Å²) in [6.45, 7) is 9.42. The first-order chi connectivity index (χ1) is 21.2. The Labute approximate surface area is 272 Å². The van der Waals surface area contributed by atoms with Crippen LogP contribution in [0.15, 0.2) is 12.4 Å². The molecule has 1 N–H and O–H groups in total. The van der Waals surface area contributed by atoms with Gasteiger partial charge in [0.25, 0.3) is 5.82 Å². The van der Waals surface area contributed by atoms with Crippen LogP contribution in [0.4, 0.5) is 0 Å². The molecular weight excluding hydrogens is 520 g/mol. The molecule has 254 valence electrons. The monoisotopic (exact) mass is 602 g/mol. The molecule has 2 unspecified atom stereocenters. The van der Waals surface area contributed by atoms with Gasteiger partial charge in [-0.3, -0.25) is 0 Å². The van der Waals surface area contributed by atoms with E-state index in [4.69, 9.17) is 0 Å². The van der Waals surface area contributed by atoms with E-state index in [9.17, 15) is 0 Å². The van der Waals surface area contributed by atoms with E-state index in [1.54, 1.807) is 0 Å². The molecule has 1 aromatic heterocycles. The highest BCUT2D eigenvalue weighted by atomic mass is 15.1. The topological polar surface area (TPSA) is 19.7 Å². The maximum atomic E-state index is 3.76. The van der Waals surface area contributed by atoms with Crippen molar-refractivity contribution in [1.82, 2.24) is 4.98 Å². The van der Waals surface area contributed by atoms with Crippen molar-refractivity contribution in [3.8, 4) is 0 Å². The maximum absolute atomic E-state index is 3.76. The Bertz CT molecular complexity index is 664. The predicted octanol–water partition coefficient (Wildman–Crippen LogP) is 14.5. The third-order valence-electron chi connectivity index (χ3n) is 10.1. The Morgan fingerprint density at radius 2 is 0.744 bits per heavy atom. The van der Waals surface area contributed by atoms with Crippen molar-refractivity contribution in [2.45, 2.75) is 245 Å². The second-order valence-corrected chi connectivity index (χ2v) is 14.4. The lowest BCUT2D eigenvalue weighted by molar-refractivity contribution is -0.727. The summed E-state index contributed by atoms with van der Waals surface area (Å²) < 4.78 is 2.64. The molecule has 1 rings (SSSR count). The van der Waals surface area contributed by atoms with Gasteiger partial charge in [-0.15, -0.1) is 0 Å². The fraction of sp³-hybridized carbons (Fsp3) is 0.927. The Hall–Kier alpha value is -0.790. The van der Waals surface area contributed by atoms with Crippen LogP contribution in [0.3, 0.4) is 0 Å². The number of H-pyrrole nitrogens is 1. The van der Waals surface area contributed by atoms with E-state index < -0.39 is 0 Å². The van der Waals surface area contributed by atoms with Gasteiger partial charge in [0.2, 0.25) is 0 Å². The van der Waals surface area contributed by atoms with Crippen molar-refractivity contribution in [2.75, 3.05) is 0 Å². The zero-order chi connectivity index (χ0) is 31.1. The molecule has 0 amide bonds. The summed E-state index contributed by atoms with van der Waals surface area (Å²) in [7, 11) is 0. The minimum absolute atomic E-state index is 0.619. The molecule has 0 aliphatic rings. The molecule has 43 heavy (non-hydrogen) atoms. The SMILES string of the molecule is CCCCCCCCCCCCCC(CCCCCCCCCCCC)c1[nH]cc[n+]1C(C)CCCCCCCCCC. The Balaban J connectivity index is 2.43. The first kappa shape index (κ1) is 40.2. The molecule has 0 aliphatic heterocycles. The Kier molecular flexibility index (Phi) is 29.2. The van der Waals surface area contributed by atoms with Gasteiger partial charge in [0, 0.05) is 0 Å². The quantitative estimate of drug-likeness (QED) is 0.0599. The van der Waals surface area contributed by atoms with Crippen LogP contribution in [0.1, 0.15) is 251 Å². The smallest absolute Gasteiger partial charge is 0.247 e. The van der Waals surface area contributed by atoms with Gasteiger partial charge < -0.3 is 0 Å². The molecule has 1 heterocycles. The fourth-order valence-corrected chi connectivity index (χ4v) is 7.13. The van der Waals surface area contributed by atoms with Crippen molar-refractivity contribution in [3.63, 3.8) is 0 Å². The van der Waals surface area contributed by atoms with Gasteiger partial charge in [0.15, 0.2) is 0 Å². The summed E-state index contributed by atoms with van der Waals surface area (Å²) in [4.78, 5) is 3.76. The Morgan fingerprint density at radius 1 is 0.442 bits per heavy atom. The van der Waals surface area contributed by atoms with E-state index >= 15 is 0 Å². The first-order valence-electron chi connectivity index (χ1n) is 20.3. The highest BCUT2D eigenvalue weighted by molar-refractivity contribution is 4.90. The number of unbranched alkanes of at least 4 members (excludes halogenated alkanes) is 26. The van der Waals surface area contributed by atoms with Gasteiger partial charge >= 0.3 is 0 Å². The van der Waals surface area contributed by atoms with Gasteiger partial charge in [-0.1, -0.05) is 201 Å². The molecule has 0 fully saturated rings. The second-order valence-electron chi connectivity index (χ2n) is 14.4. The van der Waals surface area contributed by atoms with Crippen LogP contribution in [0.25, 0.3) is 0 Å². The summed E-state index contributed by atoms with van der Waals surface area (Å²) in [5.74, 6) is 2.25. The minimum Gasteiger partial charge on any atom is -0.247 e. The zero-order valence-corrected chi connectivity index (χ0v) is 30.4. The molecule has 0 spiro atoms. The molecular formula is C41H81N2+. The average molecular weight is 602 g/mol. The van der Waals surface area contributed by atoms with Crippen molar-refractivity contribution in [2.24, 2.45) is 0 Å². The third-order valence-corrected chi connectivity index (χ3v) is 10.1. The molecule has 2 nitrogen and oxygen atoms in total. The Morgan fingerprint density at radius 3 is 1.09 bits per heavy atom. The van der Waals surface area contributed by atoms with E-state index in [1.165, 1.54) is 211 Å². The number of hydrogen-bond donors (Lipinski definition) is 1. The molecule has 1 aromatic rings. The highest BCUT2D eigenvalue weighted by Gasteiger charge is 2.25. The van der Waals surface area contributed by atoms with Crippen molar-refractivity contribution in [3.05, 3.63) is 18.2 Å². The predicted molar refractivity (Wildman–Crippen MR) is 193 cm³/mol. The summed E-state index contributed by atoms with van der Waals surface area (Å²) in [5, 5.41) is 0. The minimum atomic E-state index is 0.619. The first-order valence-corrected chi connectivity index (χ1v) is 20.3. The molecule has 0 saturated heterocycles. The van der Waals surface area contributed by atoms with Crippen LogP contribution >= 0.6 is 0 Å². The van der Waals surface area contributed by atoms with Gasteiger partial charge in [0.1, 0.15) is 12.4 Å². The molecule has 0 saturated carbocycles. The summed E-state index contributed by atoms with van der Waals surface area (Å²) in [5.41, 5.74) is 0. The van der Waals surface area contributed by atoms with Crippen LogP contribution in [0.2, 0.25) is 0 Å². The third kappa shape index (κ3) is 23.2. The number of aromatic nitrogens is 2. The molecule has 0 radical (unpaired) electrons. The summed E-state index contributed by atoms with van der Waals surface area (Å²) in [6, 6.07) is 0.619. The number of aromatic amines is 1. The maximum Gasteiger partial charge on any atom is 0.257 e. The summed E-state index contributed by atoms with van der Waals surface area (Å²) in [6.07, 6.45) is 50.2. The number of nitrogens with zero attached hydrogens (tertiary/aromatic N) is 1. The summed E-state index contributed by atoms with van der Waals surface area (Å²) >= 11 is 0. The normalized spacial score (nSPS) is 13.1. The van der Waals surface area contributed by atoms with E-state index in [0.29, 0.717) is 12.0 Å². The fourth-order valence-electron chi connectivity index (χ4n) is 7.13. The van der Waals surface area contributed by atoms with Crippen LogP contribution in [-0.2, 0) is 0 Å². The van der Waals surface area contributed by atoms with E-state index in [0.717, 1.165) is 0 Å². The van der Waals surface area contributed by atoms with Crippen LogP contribution in [0, 0.1) is 0 Å². The molecule has 0 aliphatic carbocycles. The van der Waals surface area contributed by atoms with Gasteiger partial charge in [0.05, 0.1) is 12.0 Å². The van der Waals surface area contributed by atoms with Crippen LogP contribution in [-0.4, -0.2) is 4.98 Å². The van der Waals surface area contributed by atoms with Crippen LogP contribution < -0.4 is 4.57 Å². The molecule has 2 heteroatoms. The highest BCUT2D eigenvalue weighted by Crippen LogP contribution is 2.27. The van der Waals surface area contributed by atoms with E-state index in [-0.39, 0.29) is 0 Å². The number of imidazole rings is 1. The van der Waals surface area contributed by atoms with E-state index in [1.807, 2.05) is 0 Å². The molecule has 0 aromatic carbocycles. The van der Waals surface area contributed by atoms with Crippen LogP contribution in [0.5, 0.6) is 0 Å². The van der Waals surface area contributed by atoms with Crippen molar-refractivity contribution in [1.29, 1.82) is 0 Å². The van der Waals surface area contributed by atoms with Gasteiger partial charge in [-0.25, -0.2) is 9.55 Å². The largest absolute Gasteiger partial charge is 0.257 e. The number of hydrogen-bond acceptors (Lipinski definition) is 0. The average Bonchev–Trinajstić information content (AvgIpc) is 3.51. The molecule has 0 bridgehead atoms. The second kappa shape index (κ2) is 31.2. The van der Waals surface area contributed by atoms with E-state index in [2.05, 4.69) is 49.6 Å². The lowest BCUT2D eigenvalue weighted by Crippen LogP contribution is -2.41. The van der Waals surface area contributed by atoms with Crippen molar-refractivity contribution >= 4 is 0 Å². The van der Waals surface area contributed by atoms with Gasteiger partial charge in [-0.2, -0.15) is 0 Å². The zero-order valence-electron chi connectivity index (χ0n) is 30.4. The van der Waals surface area contributed by atoms with Crippen molar-refractivity contribution < 1.29 is 4.57 Å². The molecule has 2 atom stereocenters. The standard InChI is InChI=1S/C41H80N2/c1-5-8-11-14-17-20-22-24-27-30-33-36-40(35-32-29-26-23-21-18-15-12-9-6-2)41-42-37-38-43(41)39(4)34-31-28-25-19-16-13-10-7-3/h37-40H,5-36H2,1-4H3/p+1. The van der Waals surface area contributed by atoms with Gasteiger partial charge in [-0.05, 0) is 32.6 Å². The lowest BCUT2D eigenvalue weighted by atomic mass is 9.92. The lowest BCUT2D eigenvalue weighted by Gasteiger charge is -2.17.